The Morgan fingerprint density at radius 2 is 2.21 bits per heavy atom. The lowest BCUT2D eigenvalue weighted by Gasteiger charge is -2.20. The van der Waals surface area contributed by atoms with Gasteiger partial charge in [-0.05, 0) is 0 Å². The van der Waals surface area contributed by atoms with Crippen LogP contribution in [0.4, 0.5) is 5.95 Å². The Bertz CT molecular complexity index is 1040. The van der Waals surface area contributed by atoms with E-state index in [0.717, 1.165) is 17.1 Å². The van der Waals surface area contributed by atoms with Gasteiger partial charge in [-0.1, -0.05) is 0 Å². The van der Waals surface area contributed by atoms with E-state index in [1.54, 1.807) is 0 Å². The third kappa shape index (κ3) is 4.35. The highest BCUT2D eigenvalue weighted by atomic mass is 31.2. The molecular weight excluding hydrogens is 417 g/mol. The molecule has 3 heterocycles. The number of carbonyl (C=O) groups excluding carboxylic acids is 1. The van der Waals surface area contributed by atoms with Crippen LogP contribution in [0.1, 0.15) is 6.23 Å². The van der Waals surface area contributed by atoms with Crippen LogP contribution in [-0.2, 0) is 18.6 Å². The topological polar surface area (TPSA) is 229 Å². The highest BCUT2D eigenvalue weighted by molar-refractivity contribution is 7.46. The molecule has 0 amide bonds. The number of rotatable bonds is 7. The first-order chi connectivity index (χ1) is 13.6. The van der Waals surface area contributed by atoms with Gasteiger partial charge in [0.05, 0.1) is 12.9 Å². The minimum Gasteiger partial charge on any atom is -0.504 e. The van der Waals surface area contributed by atoms with E-state index < -0.39 is 50.3 Å². The van der Waals surface area contributed by atoms with Crippen molar-refractivity contribution in [2.45, 2.75) is 24.5 Å². The fourth-order valence-corrected chi connectivity index (χ4v) is 3.32. The van der Waals surface area contributed by atoms with Gasteiger partial charge in [-0.2, -0.15) is 4.98 Å². The predicted octanol–water partition coefficient (Wildman–Crippen LogP) is -2.14. The van der Waals surface area contributed by atoms with Crippen molar-refractivity contribution in [2.24, 2.45) is 0 Å². The highest BCUT2D eigenvalue weighted by Gasteiger charge is 2.48. The number of aliphatic hydroxyl groups excluding tert-OH is 3. The Kier molecular flexibility index (Phi) is 5.81. The number of phosphoric ester groups is 1. The summed E-state index contributed by atoms with van der Waals surface area (Å²) in [6.07, 6.45) is -3.76. The van der Waals surface area contributed by atoms with Crippen LogP contribution in [0.15, 0.2) is 23.1 Å². The number of H-pyrrole nitrogens is 1. The molecule has 7 N–H and O–H groups in total. The second kappa shape index (κ2) is 8.00. The monoisotopic (exact) mass is 433 g/mol. The van der Waals surface area contributed by atoms with Crippen LogP contribution in [-0.4, -0.2) is 75.8 Å². The number of carbonyl (C=O) groups is 1. The SMILES string of the molecule is O=C/C(O)=C/Nc1nc2c(ncn2[C@@H]2O[C@H](CO)[C@@H](OP(=O)(O)O)[C@H]2O)c(=O)[nH]1. The number of anilines is 1. The Labute approximate surface area is 160 Å². The zero-order chi connectivity index (χ0) is 21.3. The third-order valence-corrected chi connectivity index (χ3v) is 4.45. The predicted molar refractivity (Wildman–Crippen MR) is 92.5 cm³/mol. The summed E-state index contributed by atoms with van der Waals surface area (Å²) in [5.74, 6) is -0.856. The number of ether oxygens (including phenoxy) is 1. The molecule has 0 unspecified atom stereocenters. The van der Waals surface area contributed by atoms with Crippen LogP contribution in [0.5, 0.6) is 0 Å². The van der Waals surface area contributed by atoms with E-state index in [-0.39, 0.29) is 23.4 Å². The standard InChI is InChI=1S/C13H16N5O10P/c19-2-5(21)1-14-13-16-10-7(11(23)17-13)15-4-18(10)12-8(22)9(6(3-20)27-12)28-29(24,25)26/h1-2,4,6,8-9,12,20-22H,3H2,(H2,24,25,26)(H2,14,16,17,23)/b5-1-/t6-,8-,9-,12-/m1/s1. The highest BCUT2D eigenvalue weighted by Crippen LogP contribution is 2.44. The second-order valence-electron chi connectivity index (χ2n) is 5.87. The molecule has 1 aliphatic rings. The average Bonchev–Trinajstić information content (AvgIpc) is 3.20. The Morgan fingerprint density at radius 3 is 2.83 bits per heavy atom. The molecule has 1 aliphatic heterocycles. The van der Waals surface area contributed by atoms with E-state index in [9.17, 15) is 24.4 Å². The lowest BCUT2D eigenvalue weighted by molar-refractivity contribution is -0.107. The van der Waals surface area contributed by atoms with E-state index in [2.05, 4.69) is 24.8 Å². The molecule has 0 radical (unpaired) electrons. The second-order valence-corrected chi connectivity index (χ2v) is 7.06. The summed E-state index contributed by atoms with van der Waals surface area (Å²) in [6, 6.07) is 0. The summed E-state index contributed by atoms with van der Waals surface area (Å²) in [6.45, 7) is -0.721. The molecule has 1 fully saturated rings. The molecule has 0 aromatic carbocycles. The summed E-state index contributed by atoms with van der Waals surface area (Å²) in [5.41, 5.74) is -0.966. The van der Waals surface area contributed by atoms with Gasteiger partial charge < -0.3 is 35.2 Å². The van der Waals surface area contributed by atoms with Crippen molar-refractivity contribution in [1.82, 2.24) is 19.5 Å². The Hall–Kier alpha value is -2.65. The lowest BCUT2D eigenvalue weighted by atomic mass is 10.1. The first-order valence-electron chi connectivity index (χ1n) is 7.90. The summed E-state index contributed by atoms with van der Waals surface area (Å²) >= 11 is 0. The molecular formula is C13H16N5O10P. The van der Waals surface area contributed by atoms with E-state index in [1.165, 1.54) is 0 Å². The number of hydrogen-bond donors (Lipinski definition) is 7. The Morgan fingerprint density at radius 1 is 1.48 bits per heavy atom. The van der Waals surface area contributed by atoms with E-state index in [0.29, 0.717) is 0 Å². The number of imidazole rings is 1. The number of nitrogens with zero attached hydrogens (tertiary/aromatic N) is 3. The number of aromatic amines is 1. The molecule has 1 saturated heterocycles. The number of allylic oxidation sites excluding steroid dienone is 1. The summed E-state index contributed by atoms with van der Waals surface area (Å²) < 4.78 is 22.2. The van der Waals surface area contributed by atoms with Crippen molar-refractivity contribution >= 4 is 31.2 Å². The minimum absolute atomic E-state index is 0.104. The van der Waals surface area contributed by atoms with Gasteiger partial charge >= 0.3 is 7.82 Å². The van der Waals surface area contributed by atoms with Gasteiger partial charge in [-0.25, -0.2) is 9.55 Å². The summed E-state index contributed by atoms with van der Waals surface area (Å²) in [5, 5.41) is 31.3. The van der Waals surface area contributed by atoms with Crippen molar-refractivity contribution in [3.63, 3.8) is 0 Å². The zero-order valence-electron chi connectivity index (χ0n) is 14.3. The number of hydrogen-bond acceptors (Lipinski definition) is 11. The fourth-order valence-electron chi connectivity index (χ4n) is 2.74. The maximum atomic E-state index is 12.2. The van der Waals surface area contributed by atoms with Gasteiger partial charge in [-0.3, -0.25) is 23.7 Å². The van der Waals surface area contributed by atoms with Crippen LogP contribution in [0.25, 0.3) is 11.2 Å². The summed E-state index contributed by atoms with van der Waals surface area (Å²) in [7, 11) is -5.01. The number of nitrogens with one attached hydrogen (secondary N) is 2. The first-order valence-corrected chi connectivity index (χ1v) is 9.43. The van der Waals surface area contributed by atoms with Crippen LogP contribution in [0.3, 0.4) is 0 Å². The van der Waals surface area contributed by atoms with Gasteiger partial charge in [0.1, 0.15) is 18.3 Å². The number of aldehydes is 1. The van der Waals surface area contributed by atoms with Gasteiger partial charge in [0.2, 0.25) is 5.95 Å². The molecule has 0 bridgehead atoms. The number of aliphatic hydroxyl groups is 3. The molecule has 0 saturated carbocycles. The smallest absolute Gasteiger partial charge is 0.470 e. The summed E-state index contributed by atoms with van der Waals surface area (Å²) in [4.78, 5) is 50.8. The lowest BCUT2D eigenvalue weighted by Crippen LogP contribution is -2.35. The molecule has 4 atom stereocenters. The molecule has 15 nitrogen and oxygen atoms in total. The molecule has 29 heavy (non-hydrogen) atoms. The molecule has 2 aromatic heterocycles. The van der Waals surface area contributed by atoms with Crippen LogP contribution in [0, 0.1) is 0 Å². The van der Waals surface area contributed by atoms with Crippen molar-refractivity contribution in [3.05, 3.63) is 28.6 Å². The molecule has 3 rings (SSSR count). The third-order valence-electron chi connectivity index (χ3n) is 3.93. The van der Waals surface area contributed by atoms with Crippen molar-refractivity contribution in [3.8, 4) is 0 Å². The van der Waals surface area contributed by atoms with Gasteiger partial charge in [0.15, 0.2) is 29.4 Å². The van der Waals surface area contributed by atoms with Crippen LogP contribution in [0.2, 0.25) is 0 Å². The number of fused-ring (bicyclic) bond motifs is 1. The van der Waals surface area contributed by atoms with Gasteiger partial charge in [0.25, 0.3) is 5.56 Å². The largest absolute Gasteiger partial charge is 0.504 e. The number of phosphoric acid groups is 1. The fraction of sp³-hybridized carbons (Fsp3) is 0.385. The average molecular weight is 433 g/mol. The molecule has 0 aliphatic carbocycles. The van der Waals surface area contributed by atoms with Crippen LogP contribution >= 0.6 is 7.82 Å². The first kappa shape index (κ1) is 21.1. The molecule has 16 heteroatoms. The van der Waals surface area contributed by atoms with E-state index in [1.807, 2.05) is 0 Å². The maximum absolute atomic E-state index is 12.2. The molecule has 2 aromatic rings. The quantitative estimate of drug-likeness (QED) is 0.107. The van der Waals surface area contributed by atoms with Crippen molar-refractivity contribution < 1.29 is 43.7 Å². The van der Waals surface area contributed by atoms with E-state index in [4.69, 9.17) is 19.6 Å². The minimum atomic E-state index is -5.01. The molecule has 0 spiro atoms. The van der Waals surface area contributed by atoms with Crippen molar-refractivity contribution in [1.29, 1.82) is 0 Å². The Balaban J connectivity index is 1.99. The number of aromatic nitrogens is 4. The van der Waals surface area contributed by atoms with E-state index >= 15 is 0 Å². The van der Waals surface area contributed by atoms with Crippen LogP contribution < -0.4 is 10.9 Å². The van der Waals surface area contributed by atoms with Crippen molar-refractivity contribution in [2.75, 3.05) is 11.9 Å². The van der Waals surface area contributed by atoms with Gasteiger partial charge in [0, 0.05) is 6.20 Å². The van der Waals surface area contributed by atoms with Gasteiger partial charge in [-0.15, -0.1) is 0 Å². The molecule has 158 valence electrons. The maximum Gasteiger partial charge on any atom is 0.470 e. The zero-order valence-corrected chi connectivity index (χ0v) is 15.2. The normalized spacial score (nSPS) is 25.4.